The van der Waals surface area contributed by atoms with Gasteiger partial charge in [-0.2, -0.15) is 0 Å². The van der Waals surface area contributed by atoms with E-state index >= 15 is 0 Å². The van der Waals surface area contributed by atoms with Gasteiger partial charge in [-0.25, -0.2) is 4.79 Å². The molecule has 0 aliphatic rings. The van der Waals surface area contributed by atoms with Gasteiger partial charge in [-0.3, -0.25) is 5.32 Å². The molecule has 3 nitrogen and oxygen atoms in total. The summed E-state index contributed by atoms with van der Waals surface area (Å²) in [5, 5.41) is 3.14. The molecule has 0 saturated carbocycles. The second kappa shape index (κ2) is 4.97. The van der Waals surface area contributed by atoms with E-state index in [0.717, 1.165) is 0 Å². The maximum absolute atomic E-state index is 11.4. The lowest BCUT2D eigenvalue weighted by Gasteiger charge is -2.19. The molecule has 1 amide bonds. The first-order valence-electron chi connectivity index (χ1n) is 4.76. The van der Waals surface area contributed by atoms with Gasteiger partial charge in [0.2, 0.25) is 0 Å². The van der Waals surface area contributed by atoms with Crippen LogP contribution >= 0.6 is 24.2 Å². The van der Waals surface area contributed by atoms with Crippen molar-refractivity contribution in [1.29, 1.82) is 0 Å². The quantitative estimate of drug-likeness (QED) is 0.749. The zero-order valence-corrected chi connectivity index (χ0v) is 11.0. The first-order valence-corrected chi connectivity index (χ1v) is 5.59. The van der Waals surface area contributed by atoms with Crippen molar-refractivity contribution in [3.05, 3.63) is 23.2 Å². The third-order valence-corrected chi connectivity index (χ3v) is 2.42. The predicted octanol–water partition coefficient (Wildman–Crippen LogP) is 3.98. The van der Waals surface area contributed by atoms with E-state index in [1.807, 2.05) is 0 Å². The van der Waals surface area contributed by atoms with Gasteiger partial charge in [0.05, 0.1) is 5.02 Å². The van der Waals surface area contributed by atoms with E-state index in [2.05, 4.69) is 17.9 Å². The van der Waals surface area contributed by atoms with Gasteiger partial charge in [-0.05, 0) is 39.0 Å². The molecule has 0 aliphatic heterocycles. The molecule has 1 rings (SSSR count). The van der Waals surface area contributed by atoms with Crippen LogP contribution in [0.5, 0.6) is 0 Å². The average molecular weight is 260 g/mol. The fourth-order valence-corrected chi connectivity index (χ4v) is 1.34. The van der Waals surface area contributed by atoms with Crippen LogP contribution in [0.1, 0.15) is 20.8 Å². The Balaban J connectivity index is 2.67. The Kier molecular flexibility index (Phi) is 4.10. The minimum Gasteiger partial charge on any atom is -0.444 e. The monoisotopic (exact) mass is 259 g/mol. The molecular weight excluding hydrogens is 246 g/mol. The number of anilines is 1. The first-order chi connectivity index (χ1) is 7.28. The maximum atomic E-state index is 11.4. The Labute approximate surface area is 106 Å². The number of carbonyl (C=O) groups is 1. The lowest BCUT2D eigenvalue weighted by atomic mass is 10.2. The number of carbonyl (C=O) groups excluding carboxylic acids is 1. The molecular formula is C11H14ClNO2S. The van der Waals surface area contributed by atoms with Crippen molar-refractivity contribution in [3.63, 3.8) is 0 Å². The summed E-state index contributed by atoms with van der Waals surface area (Å²) in [4.78, 5) is 12.0. The third kappa shape index (κ3) is 4.33. The van der Waals surface area contributed by atoms with Crippen LogP contribution in [-0.2, 0) is 4.74 Å². The summed E-state index contributed by atoms with van der Waals surface area (Å²) in [5.41, 5.74) is 0.0870. The number of amides is 1. The van der Waals surface area contributed by atoms with E-state index in [-0.39, 0.29) is 0 Å². The van der Waals surface area contributed by atoms with E-state index in [4.69, 9.17) is 16.3 Å². The molecule has 1 aromatic carbocycles. The molecule has 5 heteroatoms. The smallest absolute Gasteiger partial charge is 0.412 e. The van der Waals surface area contributed by atoms with Gasteiger partial charge in [0.1, 0.15) is 5.60 Å². The van der Waals surface area contributed by atoms with Crippen LogP contribution in [0.3, 0.4) is 0 Å². The van der Waals surface area contributed by atoms with Crippen molar-refractivity contribution < 1.29 is 9.53 Å². The number of ether oxygens (including phenoxy) is 1. The number of thiol groups is 1. The summed E-state index contributed by atoms with van der Waals surface area (Å²) >= 11 is 9.96. The normalized spacial score (nSPS) is 11.1. The van der Waals surface area contributed by atoms with Crippen LogP contribution in [0, 0.1) is 0 Å². The number of rotatable bonds is 1. The molecule has 0 unspecified atom stereocenters. The van der Waals surface area contributed by atoms with Gasteiger partial charge in [-0.15, -0.1) is 12.6 Å². The van der Waals surface area contributed by atoms with Crippen LogP contribution in [0.2, 0.25) is 5.02 Å². The van der Waals surface area contributed by atoms with Crippen molar-refractivity contribution in [2.75, 3.05) is 5.32 Å². The van der Waals surface area contributed by atoms with Crippen molar-refractivity contribution in [1.82, 2.24) is 0 Å². The molecule has 0 radical (unpaired) electrons. The number of hydrogen-bond acceptors (Lipinski definition) is 3. The Morgan fingerprint density at radius 3 is 2.56 bits per heavy atom. The van der Waals surface area contributed by atoms with Gasteiger partial charge in [0, 0.05) is 10.6 Å². The zero-order valence-electron chi connectivity index (χ0n) is 9.37. The SMILES string of the molecule is CC(C)(C)OC(=O)Nc1ccc(Cl)c(S)c1. The molecule has 0 saturated heterocycles. The van der Waals surface area contributed by atoms with Crippen molar-refractivity contribution >= 4 is 36.0 Å². The van der Waals surface area contributed by atoms with Crippen molar-refractivity contribution in [3.8, 4) is 0 Å². The van der Waals surface area contributed by atoms with E-state index in [1.165, 1.54) is 0 Å². The fourth-order valence-electron chi connectivity index (χ4n) is 1.01. The fraction of sp³-hybridized carbons (Fsp3) is 0.364. The molecule has 1 aromatic rings. The minimum absolute atomic E-state index is 0.498. The second-order valence-electron chi connectivity index (χ2n) is 4.29. The lowest BCUT2D eigenvalue weighted by molar-refractivity contribution is 0.0636. The number of benzene rings is 1. The third-order valence-electron chi connectivity index (χ3n) is 1.59. The van der Waals surface area contributed by atoms with Crippen LogP contribution in [0.25, 0.3) is 0 Å². The molecule has 0 heterocycles. The zero-order chi connectivity index (χ0) is 12.3. The molecule has 0 spiro atoms. The molecule has 0 aliphatic carbocycles. The molecule has 16 heavy (non-hydrogen) atoms. The summed E-state index contributed by atoms with van der Waals surface area (Å²) in [5.74, 6) is 0. The molecule has 1 N–H and O–H groups in total. The molecule has 0 fully saturated rings. The van der Waals surface area contributed by atoms with Crippen LogP contribution in [0.4, 0.5) is 10.5 Å². The van der Waals surface area contributed by atoms with Gasteiger partial charge in [0.15, 0.2) is 0 Å². The maximum Gasteiger partial charge on any atom is 0.412 e. The van der Waals surface area contributed by atoms with E-state index in [1.54, 1.807) is 39.0 Å². The standard InChI is InChI=1S/C11H14ClNO2S/c1-11(2,3)15-10(14)13-7-4-5-8(12)9(16)6-7/h4-6,16H,1-3H3,(H,13,14). The highest BCUT2D eigenvalue weighted by atomic mass is 35.5. The Morgan fingerprint density at radius 1 is 1.44 bits per heavy atom. The summed E-state index contributed by atoms with van der Waals surface area (Å²) in [7, 11) is 0. The van der Waals surface area contributed by atoms with Gasteiger partial charge in [0.25, 0.3) is 0 Å². The Morgan fingerprint density at radius 2 is 2.06 bits per heavy atom. The topological polar surface area (TPSA) is 38.3 Å². The Hall–Kier alpha value is -0.870. The van der Waals surface area contributed by atoms with E-state index in [0.29, 0.717) is 15.6 Å². The first kappa shape index (κ1) is 13.2. The van der Waals surface area contributed by atoms with Gasteiger partial charge in [-0.1, -0.05) is 11.6 Å². The van der Waals surface area contributed by atoms with Crippen LogP contribution in [0.15, 0.2) is 23.1 Å². The number of hydrogen-bond donors (Lipinski definition) is 2. The second-order valence-corrected chi connectivity index (χ2v) is 5.18. The minimum atomic E-state index is -0.514. The van der Waals surface area contributed by atoms with Gasteiger partial charge < -0.3 is 4.74 Å². The van der Waals surface area contributed by atoms with Crippen LogP contribution in [-0.4, -0.2) is 11.7 Å². The number of halogens is 1. The molecule has 88 valence electrons. The highest BCUT2D eigenvalue weighted by Crippen LogP contribution is 2.23. The molecule has 0 bridgehead atoms. The highest BCUT2D eigenvalue weighted by molar-refractivity contribution is 7.80. The van der Waals surface area contributed by atoms with Crippen molar-refractivity contribution in [2.24, 2.45) is 0 Å². The summed E-state index contributed by atoms with van der Waals surface area (Å²) < 4.78 is 5.10. The summed E-state index contributed by atoms with van der Waals surface area (Å²) in [6.07, 6.45) is -0.498. The average Bonchev–Trinajstić information content (AvgIpc) is 2.08. The summed E-state index contributed by atoms with van der Waals surface area (Å²) in [6.45, 7) is 5.41. The molecule has 0 aromatic heterocycles. The van der Waals surface area contributed by atoms with Crippen molar-refractivity contribution in [2.45, 2.75) is 31.3 Å². The highest BCUT2D eigenvalue weighted by Gasteiger charge is 2.16. The van der Waals surface area contributed by atoms with E-state index < -0.39 is 11.7 Å². The largest absolute Gasteiger partial charge is 0.444 e. The Bertz CT molecular complexity index is 401. The molecule has 0 atom stereocenters. The van der Waals surface area contributed by atoms with Gasteiger partial charge >= 0.3 is 6.09 Å². The lowest BCUT2D eigenvalue weighted by Crippen LogP contribution is -2.27. The predicted molar refractivity (Wildman–Crippen MR) is 68.6 cm³/mol. The van der Waals surface area contributed by atoms with E-state index in [9.17, 15) is 4.79 Å². The number of nitrogens with one attached hydrogen (secondary N) is 1. The van der Waals surface area contributed by atoms with Crippen LogP contribution < -0.4 is 5.32 Å². The summed E-state index contributed by atoms with van der Waals surface area (Å²) in [6, 6.07) is 5.01.